The molecule has 0 aromatic rings. The summed E-state index contributed by atoms with van der Waals surface area (Å²) in [5.41, 5.74) is 0. The van der Waals surface area contributed by atoms with Crippen LogP contribution < -0.4 is 0 Å². The normalized spacial score (nSPS) is 58.3. The zero-order chi connectivity index (χ0) is 16.3. The molecule has 11 unspecified atom stereocenters. The van der Waals surface area contributed by atoms with E-state index in [4.69, 9.17) is 18.9 Å². The molecule has 0 radical (unpaired) electrons. The van der Waals surface area contributed by atoms with E-state index in [2.05, 4.69) is 0 Å². The highest BCUT2D eigenvalue weighted by atomic mass is 16.7. The SMILES string of the molecule is O=C1OC2C(OC(=O)C3C4CC5C(OC(=O)C53)C4O)C3CC1C2O3. The summed E-state index contributed by atoms with van der Waals surface area (Å²) in [7, 11) is 0. The fourth-order valence-corrected chi connectivity index (χ4v) is 5.93. The van der Waals surface area contributed by atoms with Gasteiger partial charge in [0.2, 0.25) is 0 Å². The van der Waals surface area contributed by atoms with Gasteiger partial charge in [-0.15, -0.1) is 0 Å². The molecule has 2 saturated carbocycles. The molecular formula is C16H16O8. The number of hydrogen-bond acceptors (Lipinski definition) is 8. The van der Waals surface area contributed by atoms with E-state index in [1.807, 2.05) is 0 Å². The number of aliphatic hydroxyl groups excluding tert-OH is 1. The van der Waals surface area contributed by atoms with E-state index in [1.54, 1.807) is 0 Å². The molecule has 0 amide bonds. The topological polar surface area (TPSA) is 108 Å². The number of hydrogen-bond donors (Lipinski definition) is 1. The lowest BCUT2D eigenvalue weighted by atomic mass is 9.78. The monoisotopic (exact) mass is 336 g/mol. The van der Waals surface area contributed by atoms with Crippen LogP contribution in [0.15, 0.2) is 0 Å². The van der Waals surface area contributed by atoms with E-state index in [0.29, 0.717) is 12.8 Å². The Morgan fingerprint density at radius 3 is 2.67 bits per heavy atom. The van der Waals surface area contributed by atoms with Gasteiger partial charge < -0.3 is 24.1 Å². The Morgan fingerprint density at radius 1 is 1.04 bits per heavy atom. The van der Waals surface area contributed by atoms with Gasteiger partial charge in [0.25, 0.3) is 0 Å². The fourth-order valence-electron chi connectivity index (χ4n) is 5.93. The molecule has 8 nitrogen and oxygen atoms in total. The van der Waals surface area contributed by atoms with Crippen LogP contribution in [-0.4, -0.2) is 59.6 Å². The van der Waals surface area contributed by atoms with Crippen LogP contribution in [-0.2, 0) is 33.3 Å². The van der Waals surface area contributed by atoms with Crippen molar-refractivity contribution in [3.63, 3.8) is 0 Å². The van der Waals surface area contributed by atoms with E-state index in [9.17, 15) is 19.5 Å². The van der Waals surface area contributed by atoms with E-state index in [-0.39, 0.29) is 35.9 Å². The van der Waals surface area contributed by atoms with Gasteiger partial charge in [-0.2, -0.15) is 0 Å². The number of fused-ring (bicyclic) bond motifs is 2. The first-order valence-electron chi connectivity index (χ1n) is 8.49. The Labute approximate surface area is 136 Å². The van der Waals surface area contributed by atoms with Crippen LogP contribution in [0.4, 0.5) is 0 Å². The summed E-state index contributed by atoms with van der Waals surface area (Å²) in [6.45, 7) is 0. The lowest BCUT2D eigenvalue weighted by Gasteiger charge is -2.29. The molecule has 6 fully saturated rings. The molecule has 24 heavy (non-hydrogen) atoms. The Kier molecular flexibility index (Phi) is 2.33. The fraction of sp³-hybridized carbons (Fsp3) is 0.812. The summed E-state index contributed by atoms with van der Waals surface area (Å²) >= 11 is 0. The predicted molar refractivity (Wildman–Crippen MR) is 71.0 cm³/mol. The lowest BCUT2D eigenvalue weighted by molar-refractivity contribution is -0.169. The van der Waals surface area contributed by atoms with E-state index in [1.165, 1.54) is 0 Å². The highest BCUT2D eigenvalue weighted by Crippen LogP contribution is 2.58. The van der Waals surface area contributed by atoms with Crippen LogP contribution in [0.1, 0.15) is 12.8 Å². The highest BCUT2D eigenvalue weighted by molar-refractivity contribution is 5.86. The van der Waals surface area contributed by atoms with Crippen molar-refractivity contribution in [3.8, 4) is 0 Å². The zero-order valence-electron chi connectivity index (χ0n) is 12.6. The molecule has 4 saturated heterocycles. The van der Waals surface area contributed by atoms with Crippen LogP contribution in [0.3, 0.4) is 0 Å². The summed E-state index contributed by atoms with van der Waals surface area (Å²) in [5.74, 6) is -3.06. The van der Waals surface area contributed by atoms with Gasteiger partial charge in [0.15, 0.2) is 12.2 Å². The van der Waals surface area contributed by atoms with Gasteiger partial charge in [-0.1, -0.05) is 0 Å². The molecule has 128 valence electrons. The van der Waals surface area contributed by atoms with Gasteiger partial charge in [-0.25, -0.2) is 0 Å². The molecule has 6 aliphatic rings. The van der Waals surface area contributed by atoms with E-state index in [0.717, 1.165) is 0 Å². The summed E-state index contributed by atoms with van der Waals surface area (Å²) in [6.07, 6.45) is -1.98. The molecule has 4 aliphatic heterocycles. The molecule has 11 atom stereocenters. The Morgan fingerprint density at radius 2 is 1.83 bits per heavy atom. The molecule has 0 aromatic carbocycles. The van der Waals surface area contributed by atoms with Crippen molar-refractivity contribution < 1.29 is 38.4 Å². The van der Waals surface area contributed by atoms with Crippen LogP contribution in [0.25, 0.3) is 0 Å². The molecule has 0 spiro atoms. The third-order valence-electron chi connectivity index (χ3n) is 6.88. The molecule has 4 heterocycles. The summed E-state index contributed by atoms with van der Waals surface area (Å²) < 4.78 is 21.9. The maximum absolute atomic E-state index is 12.8. The maximum Gasteiger partial charge on any atom is 0.312 e. The smallest absolute Gasteiger partial charge is 0.312 e. The number of carbonyl (C=O) groups excluding carboxylic acids is 3. The Hall–Kier alpha value is -1.67. The average Bonchev–Trinajstić information content (AvgIpc) is 3.30. The molecule has 0 aromatic heterocycles. The van der Waals surface area contributed by atoms with Crippen LogP contribution in [0.5, 0.6) is 0 Å². The van der Waals surface area contributed by atoms with E-state index < -0.39 is 48.2 Å². The predicted octanol–water partition coefficient (Wildman–Crippen LogP) is -1.22. The second-order valence-electron chi connectivity index (χ2n) is 7.79. The number of carbonyl (C=O) groups is 3. The van der Waals surface area contributed by atoms with Crippen molar-refractivity contribution in [1.82, 2.24) is 0 Å². The summed E-state index contributed by atoms with van der Waals surface area (Å²) in [5, 5.41) is 10.3. The van der Waals surface area contributed by atoms with E-state index >= 15 is 0 Å². The minimum absolute atomic E-state index is 0.0972. The molecule has 1 N–H and O–H groups in total. The van der Waals surface area contributed by atoms with Gasteiger partial charge in [-0.05, 0) is 12.8 Å². The van der Waals surface area contributed by atoms with Gasteiger partial charge >= 0.3 is 17.9 Å². The largest absolute Gasteiger partial charge is 0.459 e. The standard InChI is InChI=1S/C16H16O8/c17-9-3-1-4-8(16(20)22-10(4)9)7(3)15(19)23-12-6-2-5-11(21-6)13(12)24-14(5)18/h3-13,17H,1-2H2. The van der Waals surface area contributed by atoms with Crippen molar-refractivity contribution in [3.05, 3.63) is 0 Å². The summed E-state index contributed by atoms with van der Waals surface area (Å²) in [6, 6.07) is 0. The summed E-state index contributed by atoms with van der Waals surface area (Å²) in [4.78, 5) is 36.6. The number of rotatable bonds is 2. The third-order valence-corrected chi connectivity index (χ3v) is 6.88. The molecular weight excluding hydrogens is 320 g/mol. The van der Waals surface area contributed by atoms with Crippen molar-refractivity contribution >= 4 is 17.9 Å². The Balaban J connectivity index is 1.25. The molecule has 8 heteroatoms. The molecule has 2 aliphatic carbocycles. The second-order valence-corrected chi connectivity index (χ2v) is 7.79. The molecule has 6 rings (SSSR count). The van der Waals surface area contributed by atoms with Gasteiger partial charge in [0.05, 0.1) is 30.0 Å². The van der Waals surface area contributed by atoms with Crippen molar-refractivity contribution in [2.45, 2.75) is 49.5 Å². The van der Waals surface area contributed by atoms with Crippen LogP contribution >= 0.6 is 0 Å². The number of ether oxygens (including phenoxy) is 4. The third kappa shape index (κ3) is 1.37. The van der Waals surface area contributed by atoms with Crippen molar-refractivity contribution in [1.29, 1.82) is 0 Å². The first-order valence-corrected chi connectivity index (χ1v) is 8.49. The second kappa shape index (κ2) is 4.11. The maximum atomic E-state index is 12.8. The van der Waals surface area contributed by atoms with Crippen molar-refractivity contribution in [2.24, 2.45) is 29.6 Å². The first kappa shape index (κ1) is 13.6. The van der Waals surface area contributed by atoms with Gasteiger partial charge in [0.1, 0.15) is 12.2 Å². The van der Waals surface area contributed by atoms with Crippen LogP contribution in [0.2, 0.25) is 0 Å². The van der Waals surface area contributed by atoms with Gasteiger partial charge in [-0.3, -0.25) is 14.4 Å². The Bertz CT molecular complexity index is 675. The minimum Gasteiger partial charge on any atom is -0.459 e. The van der Waals surface area contributed by atoms with Crippen molar-refractivity contribution in [2.75, 3.05) is 0 Å². The zero-order valence-corrected chi connectivity index (χ0v) is 12.6. The number of aliphatic hydroxyl groups is 1. The first-order chi connectivity index (χ1) is 11.5. The van der Waals surface area contributed by atoms with Gasteiger partial charge in [0, 0.05) is 11.8 Å². The quantitative estimate of drug-likeness (QED) is 0.494. The molecule has 4 bridgehead atoms. The van der Waals surface area contributed by atoms with Crippen LogP contribution in [0, 0.1) is 29.6 Å². The minimum atomic E-state index is -0.805. The average molecular weight is 336 g/mol. The highest BCUT2D eigenvalue weighted by Gasteiger charge is 2.70. The number of esters is 3. The lowest BCUT2D eigenvalue weighted by Crippen LogP contribution is -2.45.